The van der Waals surface area contributed by atoms with Gasteiger partial charge in [-0.3, -0.25) is 0 Å². The van der Waals surface area contributed by atoms with Crippen LogP contribution in [-0.2, 0) is 0 Å². The van der Waals surface area contributed by atoms with Crippen LogP contribution in [0.15, 0.2) is 28.8 Å². The van der Waals surface area contributed by atoms with E-state index in [9.17, 15) is 14.3 Å². The quantitative estimate of drug-likeness (QED) is 0.746. The first kappa shape index (κ1) is 16.4. The first-order valence-electron chi connectivity index (χ1n) is 7.73. The topological polar surface area (TPSA) is 100 Å². The fourth-order valence-corrected chi connectivity index (χ4v) is 2.44. The molecule has 1 aliphatic carbocycles. The van der Waals surface area contributed by atoms with E-state index in [2.05, 4.69) is 20.8 Å². The predicted molar refractivity (Wildman–Crippen MR) is 82.6 cm³/mol. The van der Waals surface area contributed by atoms with Gasteiger partial charge in [0.25, 0.3) is 0 Å². The predicted octanol–water partition coefficient (Wildman–Crippen LogP) is 1.68. The molecule has 1 aromatic heterocycles. The molecule has 0 spiro atoms. The van der Waals surface area contributed by atoms with Gasteiger partial charge in [0, 0.05) is 24.4 Å². The van der Waals surface area contributed by atoms with Gasteiger partial charge in [-0.2, -0.15) is 4.98 Å². The number of carbonyl (C=O) groups is 1. The first-order chi connectivity index (χ1) is 11.5. The SMILES string of the molecule is Cc1nc(C(NC(=O)NCC2(CO)CC2)c2ccccc2F)no1. The molecule has 0 saturated heterocycles. The maximum absolute atomic E-state index is 14.1. The molecule has 1 heterocycles. The lowest BCUT2D eigenvalue weighted by Gasteiger charge is -2.18. The van der Waals surface area contributed by atoms with Crippen molar-refractivity contribution in [1.29, 1.82) is 0 Å². The van der Waals surface area contributed by atoms with E-state index in [1.54, 1.807) is 25.1 Å². The van der Waals surface area contributed by atoms with E-state index in [-0.39, 0.29) is 23.4 Å². The number of aryl methyl sites for hydroxylation is 1. The highest BCUT2D eigenvalue weighted by Crippen LogP contribution is 2.44. The van der Waals surface area contributed by atoms with Crippen LogP contribution in [0.25, 0.3) is 0 Å². The van der Waals surface area contributed by atoms with Crippen molar-refractivity contribution < 1.29 is 18.8 Å². The molecule has 1 unspecified atom stereocenters. The van der Waals surface area contributed by atoms with E-state index in [0.717, 1.165) is 12.8 Å². The van der Waals surface area contributed by atoms with Crippen molar-refractivity contribution in [3.63, 3.8) is 0 Å². The third-order valence-corrected chi connectivity index (χ3v) is 4.21. The fourth-order valence-electron chi connectivity index (χ4n) is 2.44. The number of aliphatic hydroxyl groups excluding tert-OH is 1. The Morgan fingerprint density at radius 1 is 1.46 bits per heavy atom. The van der Waals surface area contributed by atoms with Gasteiger partial charge in [-0.15, -0.1) is 0 Å². The normalized spacial score (nSPS) is 16.5. The van der Waals surface area contributed by atoms with Crippen molar-refractivity contribution in [2.75, 3.05) is 13.2 Å². The van der Waals surface area contributed by atoms with Crippen LogP contribution in [0.4, 0.5) is 9.18 Å². The van der Waals surface area contributed by atoms with E-state index in [4.69, 9.17) is 4.52 Å². The number of aromatic nitrogens is 2. The molecular weight excluding hydrogens is 315 g/mol. The number of amides is 2. The Balaban J connectivity index is 1.75. The lowest BCUT2D eigenvalue weighted by atomic mass is 10.1. The Kier molecular flexibility index (Phi) is 4.48. The van der Waals surface area contributed by atoms with Crippen LogP contribution in [0.5, 0.6) is 0 Å². The van der Waals surface area contributed by atoms with Crippen molar-refractivity contribution >= 4 is 6.03 Å². The molecule has 1 aliphatic rings. The Labute approximate surface area is 138 Å². The molecule has 0 bridgehead atoms. The van der Waals surface area contributed by atoms with Crippen LogP contribution in [-0.4, -0.2) is 34.4 Å². The van der Waals surface area contributed by atoms with Crippen LogP contribution in [0, 0.1) is 18.2 Å². The Bertz CT molecular complexity index is 730. The number of nitrogens with zero attached hydrogens (tertiary/aromatic N) is 2. The summed E-state index contributed by atoms with van der Waals surface area (Å²) in [4.78, 5) is 16.3. The van der Waals surface area contributed by atoms with Gasteiger partial charge in [0.15, 0.2) is 5.82 Å². The molecular formula is C16H19FN4O3. The van der Waals surface area contributed by atoms with Crippen LogP contribution < -0.4 is 10.6 Å². The second-order valence-electron chi connectivity index (χ2n) is 6.11. The minimum atomic E-state index is -0.868. The Morgan fingerprint density at radius 3 is 2.79 bits per heavy atom. The molecule has 128 valence electrons. The zero-order valence-electron chi connectivity index (χ0n) is 13.3. The van der Waals surface area contributed by atoms with Gasteiger partial charge in [-0.1, -0.05) is 23.4 Å². The lowest BCUT2D eigenvalue weighted by Crippen LogP contribution is -2.42. The van der Waals surface area contributed by atoms with Crippen molar-refractivity contribution in [2.24, 2.45) is 5.41 Å². The minimum absolute atomic E-state index is 0.0358. The van der Waals surface area contributed by atoms with Gasteiger partial charge in [0.05, 0.1) is 6.61 Å². The smallest absolute Gasteiger partial charge is 0.315 e. The number of hydrogen-bond acceptors (Lipinski definition) is 5. The van der Waals surface area contributed by atoms with Gasteiger partial charge < -0.3 is 20.3 Å². The highest BCUT2D eigenvalue weighted by atomic mass is 19.1. The molecule has 1 fully saturated rings. The van der Waals surface area contributed by atoms with Gasteiger partial charge in [-0.25, -0.2) is 9.18 Å². The van der Waals surface area contributed by atoms with Gasteiger partial charge >= 0.3 is 6.03 Å². The number of aliphatic hydroxyl groups is 1. The number of nitrogens with one attached hydrogen (secondary N) is 2. The molecule has 1 atom stereocenters. The van der Waals surface area contributed by atoms with E-state index < -0.39 is 17.9 Å². The number of urea groups is 1. The molecule has 7 nitrogen and oxygen atoms in total. The maximum Gasteiger partial charge on any atom is 0.315 e. The van der Waals surface area contributed by atoms with Crippen LogP contribution >= 0.6 is 0 Å². The lowest BCUT2D eigenvalue weighted by molar-refractivity contribution is 0.202. The summed E-state index contributed by atoms with van der Waals surface area (Å²) in [5.74, 6) is 0.0288. The zero-order valence-corrected chi connectivity index (χ0v) is 13.3. The average molecular weight is 334 g/mol. The second-order valence-corrected chi connectivity index (χ2v) is 6.11. The van der Waals surface area contributed by atoms with Crippen LogP contribution in [0.1, 0.15) is 36.2 Å². The summed E-state index contributed by atoms with van der Waals surface area (Å²) < 4.78 is 19.1. The number of benzene rings is 1. The largest absolute Gasteiger partial charge is 0.396 e. The van der Waals surface area contributed by atoms with Crippen molar-refractivity contribution in [3.8, 4) is 0 Å². The summed E-state index contributed by atoms with van der Waals surface area (Å²) in [5.41, 5.74) is 0.0323. The minimum Gasteiger partial charge on any atom is -0.396 e. The third kappa shape index (κ3) is 3.53. The van der Waals surface area contributed by atoms with Gasteiger partial charge in [-0.05, 0) is 18.9 Å². The molecule has 1 saturated carbocycles. The highest BCUT2D eigenvalue weighted by Gasteiger charge is 2.42. The Morgan fingerprint density at radius 2 is 2.21 bits per heavy atom. The summed E-state index contributed by atoms with van der Waals surface area (Å²) in [6.45, 7) is 2.02. The van der Waals surface area contributed by atoms with Crippen molar-refractivity contribution in [1.82, 2.24) is 20.8 Å². The molecule has 2 aromatic rings. The summed E-state index contributed by atoms with van der Waals surface area (Å²) in [5, 5.41) is 18.5. The molecule has 1 aromatic carbocycles. The van der Waals surface area contributed by atoms with Crippen LogP contribution in [0.3, 0.4) is 0 Å². The monoisotopic (exact) mass is 334 g/mol. The van der Waals surface area contributed by atoms with Crippen molar-refractivity contribution in [3.05, 3.63) is 47.4 Å². The second kappa shape index (κ2) is 6.56. The maximum atomic E-state index is 14.1. The van der Waals surface area contributed by atoms with Gasteiger partial charge in [0.2, 0.25) is 5.89 Å². The molecule has 0 radical (unpaired) electrons. The highest BCUT2D eigenvalue weighted by molar-refractivity contribution is 5.75. The third-order valence-electron chi connectivity index (χ3n) is 4.21. The van der Waals surface area contributed by atoms with E-state index in [1.165, 1.54) is 6.07 Å². The summed E-state index contributed by atoms with van der Waals surface area (Å²) >= 11 is 0. The molecule has 0 aliphatic heterocycles. The van der Waals surface area contributed by atoms with Crippen LogP contribution in [0.2, 0.25) is 0 Å². The number of rotatable bonds is 6. The van der Waals surface area contributed by atoms with Gasteiger partial charge in [0.1, 0.15) is 11.9 Å². The molecule has 24 heavy (non-hydrogen) atoms. The standard InChI is InChI=1S/C16H19FN4O3/c1-10-19-14(21-24-10)13(11-4-2-3-5-12(11)17)20-15(23)18-8-16(9-22)6-7-16/h2-5,13,22H,6-9H2,1H3,(H2,18,20,23). The fraction of sp³-hybridized carbons (Fsp3) is 0.438. The summed E-state index contributed by atoms with van der Waals surface area (Å²) in [6.07, 6.45) is 1.76. The molecule has 8 heteroatoms. The molecule has 3 rings (SSSR count). The number of halogens is 1. The zero-order chi connectivity index (χ0) is 17.2. The first-order valence-corrected chi connectivity index (χ1v) is 7.73. The average Bonchev–Trinajstić information content (AvgIpc) is 3.24. The molecule has 3 N–H and O–H groups in total. The van der Waals surface area contributed by atoms with E-state index >= 15 is 0 Å². The van der Waals surface area contributed by atoms with E-state index in [0.29, 0.717) is 12.4 Å². The number of carbonyl (C=O) groups excluding carboxylic acids is 1. The molecule has 2 amide bonds. The van der Waals surface area contributed by atoms with Crippen molar-refractivity contribution in [2.45, 2.75) is 25.8 Å². The summed E-state index contributed by atoms with van der Waals surface area (Å²) in [7, 11) is 0. The Hall–Kier alpha value is -2.48. The number of hydrogen-bond donors (Lipinski definition) is 3. The van der Waals surface area contributed by atoms with E-state index in [1.807, 2.05) is 0 Å². The summed E-state index contributed by atoms with van der Waals surface area (Å²) in [6, 6.07) is 4.75.